The van der Waals surface area contributed by atoms with Crippen LogP contribution in [0.4, 0.5) is 0 Å². The van der Waals surface area contributed by atoms with E-state index in [1.807, 2.05) is 60.7 Å². The minimum Gasteiger partial charge on any atom is -0.457 e. The Labute approximate surface area is 140 Å². The summed E-state index contributed by atoms with van der Waals surface area (Å²) >= 11 is 0. The molecule has 0 heterocycles. The molecule has 0 aliphatic heterocycles. The number of hydrogen-bond acceptors (Lipinski definition) is 2. The summed E-state index contributed by atoms with van der Waals surface area (Å²) in [4.78, 5) is 12.5. The van der Waals surface area contributed by atoms with Crippen molar-refractivity contribution in [2.45, 2.75) is 6.61 Å². The Morgan fingerprint density at radius 2 is 1.38 bits per heavy atom. The second-order valence-electron chi connectivity index (χ2n) is 5.79. The molecule has 0 unspecified atom stereocenters. The van der Waals surface area contributed by atoms with Crippen molar-refractivity contribution < 1.29 is 9.53 Å². The summed E-state index contributed by atoms with van der Waals surface area (Å²) in [6.07, 6.45) is 0. The highest BCUT2D eigenvalue weighted by Gasteiger charge is 2.12. The molecule has 2 nitrogen and oxygen atoms in total. The number of esters is 1. The van der Waals surface area contributed by atoms with Gasteiger partial charge in [0, 0.05) is 0 Å². The number of fused-ring (bicyclic) bond motifs is 2. The number of hydrogen-bond donors (Lipinski definition) is 0. The number of benzene rings is 4. The quantitative estimate of drug-likeness (QED) is 0.376. The fourth-order valence-corrected chi connectivity index (χ4v) is 2.95. The first-order valence-corrected chi connectivity index (χ1v) is 7.94. The molecule has 0 spiro atoms. The maximum absolute atomic E-state index is 12.5. The zero-order valence-electron chi connectivity index (χ0n) is 13.1. The van der Waals surface area contributed by atoms with Crippen LogP contribution in [0.3, 0.4) is 0 Å². The molecule has 0 radical (unpaired) electrons. The van der Waals surface area contributed by atoms with E-state index in [0.29, 0.717) is 5.56 Å². The van der Waals surface area contributed by atoms with Crippen molar-refractivity contribution in [3.8, 4) is 0 Å². The van der Waals surface area contributed by atoms with Gasteiger partial charge in [0.05, 0.1) is 5.56 Å². The molecule has 0 aliphatic rings. The molecule has 0 N–H and O–H groups in total. The monoisotopic (exact) mass is 312 g/mol. The second-order valence-corrected chi connectivity index (χ2v) is 5.79. The summed E-state index contributed by atoms with van der Waals surface area (Å²) in [7, 11) is 0. The Hall–Kier alpha value is -3.13. The Kier molecular flexibility index (Phi) is 3.72. The van der Waals surface area contributed by atoms with E-state index in [-0.39, 0.29) is 12.6 Å². The van der Waals surface area contributed by atoms with E-state index in [0.717, 1.165) is 21.7 Å². The fourth-order valence-electron chi connectivity index (χ4n) is 2.95. The Bertz CT molecular complexity index is 1020. The van der Waals surface area contributed by atoms with Crippen LogP contribution >= 0.6 is 0 Å². The molecule has 4 aromatic carbocycles. The smallest absolute Gasteiger partial charge is 0.339 e. The summed E-state index contributed by atoms with van der Waals surface area (Å²) < 4.78 is 5.50. The molecule has 0 atom stereocenters. The van der Waals surface area contributed by atoms with Crippen LogP contribution in [-0.2, 0) is 11.3 Å². The van der Waals surface area contributed by atoms with Gasteiger partial charge in [-0.25, -0.2) is 4.79 Å². The lowest BCUT2D eigenvalue weighted by Gasteiger charge is -2.09. The molecule has 4 aromatic rings. The van der Waals surface area contributed by atoms with Gasteiger partial charge in [-0.2, -0.15) is 0 Å². The van der Waals surface area contributed by atoms with Gasteiger partial charge in [-0.15, -0.1) is 0 Å². The number of ether oxygens (including phenoxy) is 1. The number of rotatable bonds is 3. The van der Waals surface area contributed by atoms with Crippen molar-refractivity contribution in [1.82, 2.24) is 0 Å². The average Bonchev–Trinajstić information content (AvgIpc) is 2.64. The van der Waals surface area contributed by atoms with E-state index in [2.05, 4.69) is 24.3 Å². The van der Waals surface area contributed by atoms with Crippen molar-refractivity contribution in [3.63, 3.8) is 0 Å². The lowest BCUT2D eigenvalue weighted by atomic mass is 10.00. The molecular weight excluding hydrogens is 296 g/mol. The van der Waals surface area contributed by atoms with E-state index in [4.69, 9.17) is 4.74 Å². The van der Waals surface area contributed by atoms with E-state index < -0.39 is 0 Å². The van der Waals surface area contributed by atoms with E-state index in [1.54, 1.807) is 0 Å². The van der Waals surface area contributed by atoms with E-state index >= 15 is 0 Å². The normalized spacial score (nSPS) is 10.8. The van der Waals surface area contributed by atoms with Gasteiger partial charge < -0.3 is 4.74 Å². The van der Waals surface area contributed by atoms with Crippen LogP contribution in [0.15, 0.2) is 84.9 Å². The lowest BCUT2D eigenvalue weighted by Crippen LogP contribution is -2.05. The van der Waals surface area contributed by atoms with Crippen molar-refractivity contribution in [2.75, 3.05) is 0 Å². The van der Waals surface area contributed by atoms with Crippen LogP contribution in [0.2, 0.25) is 0 Å². The SMILES string of the molecule is O=C(OCc1ccccc1)c1cccc2cc3ccccc3cc12. The standard InChI is InChI=1S/C22H16O2/c23-22(24-15-16-7-2-1-3-8-16)20-12-6-11-19-13-17-9-4-5-10-18(17)14-21(19)20/h1-14H,15H2. The third kappa shape index (κ3) is 2.74. The van der Waals surface area contributed by atoms with E-state index in [1.165, 1.54) is 5.39 Å². The largest absolute Gasteiger partial charge is 0.457 e. The van der Waals surface area contributed by atoms with Crippen molar-refractivity contribution in [2.24, 2.45) is 0 Å². The van der Waals surface area contributed by atoms with Gasteiger partial charge in [-0.3, -0.25) is 0 Å². The Balaban J connectivity index is 1.70. The van der Waals surface area contributed by atoms with Gasteiger partial charge in [0.2, 0.25) is 0 Å². The van der Waals surface area contributed by atoms with Crippen molar-refractivity contribution >= 4 is 27.5 Å². The molecule has 4 rings (SSSR count). The topological polar surface area (TPSA) is 26.3 Å². The summed E-state index contributed by atoms with van der Waals surface area (Å²) in [5.74, 6) is -0.292. The summed E-state index contributed by atoms with van der Waals surface area (Å²) in [5, 5.41) is 4.25. The molecule has 116 valence electrons. The predicted octanol–water partition coefficient (Wildman–Crippen LogP) is 5.35. The Morgan fingerprint density at radius 3 is 2.17 bits per heavy atom. The van der Waals surface area contributed by atoms with Gasteiger partial charge in [0.25, 0.3) is 0 Å². The minimum atomic E-state index is -0.292. The van der Waals surface area contributed by atoms with Crippen LogP contribution in [0.25, 0.3) is 21.5 Å². The highest BCUT2D eigenvalue weighted by atomic mass is 16.5. The zero-order chi connectivity index (χ0) is 16.4. The van der Waals surface area contributed by atoms with Gasteiger partial charge in [0.15, 0.2) is 0 Å². The van der Waals surface area contributed by atoms with Crippen LogP contribution < -0.4 is 0 Å². The molecule has 0 aliphatic carbocycles. The highest BCUT2D eigenvalue weighted by Crippen LogP contribution is 2.26. The first kappa shape index (κ1) is 14.5. The van der Waals surface area contributed by atoms with Gasteiger partial charge in [-0.1, -0.05) is 66.7 Å². The Morgan fingerprint density at radius 1 is 0.708 bits per heavy atom. The predicted molar refractivity (Wildman–Crippen MR) is 97.0 cm³/mol. The second kappa shape index (κ2) is 6.17. The van der Waals surface area contributed by atoms with Gasteiger partial charge in [0.1, 0.15) is 6.61 Å². The molecule has 0 amide bonds. The van der Waals surface area contributed by atoms with E-state index in [9.17, 15) is 4.79 Å². The molecule has 24 heavy (non-hydrogen) atoms. The maximum Gasteiger partial charge on any atom is 0.339 e. The first-order valence-electron chi connectivity index (χ1n) is 7.94. The molecule has 0 fully saturated rings. The number of carbonyl (C=O) groups excluding carboxylic acids is 1. The number of carbonyl (C=O) groups is 1. The van der Waals surface area contributed by atoms with Crippen LogP contribution in [0.5, 0.6) is 0 Å². The highest BCUT2D eigenvalue weighted by molar-refractivity contribution is 6.08. The fraction of sp³-hybridized carbons (Fsp3) is 0.0455. The van der Waals surface area contributed by atoms with Crippen LogP contribution in [-0.4, -0.2) is 5.97 Å². The maximum atomic E-state index is 12.5. The molecule has 0 saturated heterocycles. The third-order valence-corrected chi connectivity index (χ3v) is 4.18. The molecule has 0 bridgehead atoms. The average molecular weight is 312 g/mol. The molecular formula is C22H16O2. The summed E-state index contributed by atoms with van der Waals surface area (Å²) in [5.41, 5.74) is 1.59. The summed E-state index contributed by atoms with van der Waals surface area (Å²) in [6.45, 7) is 0.281. The molecule has 2 heteroatoms. The van der Waals surface area contributed by atoms with Crippen molar-refractivity contribution in [1.29, 1.82) is 0 Å². The minimum absolute atomic E-state index is 0.281. The molecule has 0 saturated carbocycles. The van der Waals surface area contributed by atoms with Gasteiger partial charge in [-0.05, 0) is 45.3 Å². The lowest BCUT2D eigenvalue weighted by molar-refractivity contribution is 0.0475. The summed E-state index contributed by atoms with van der Waals surface area (Å²) in [6, 6.07) is 27.8. The zero-order valence-corrected chi connectivity index (χ0v) is 13.1. The van der Waals surface area contributed by atoms with Crippen molar-refractivity contribution in [3.05, 3.63) is 96.1 Å². The van der Waals surface area contributed by atoms with Crippen LogP contribution in [0.1, 0.15) is 15.9 Å². The third-order valence-electron chi connectivity index (χ3n) is 4.18. The first-order chi connectivity index (χ1) is 11.8. The molecule has 0 aromatic heterocycles. The van der Waals surface area contributed by atoms with Crippen LogP contribution in [0, 0.1) is 0 Å². The van der Waals surface area contributed by atoms with Gasteiger partial charge >= 0.3 is 5.97 Å².